The molecule has 0 saturated heterocycles. The molecule has 0 saturated carbocycles. The van der Waals surface area contributed by atoms with Crippen LogP contribution in [0.25, 0.3) is 0 Å². The highest BCUT2D eigenvalue weighted by atomic mass is 16.6. The highest BCUT2D eigenvalue weighted by molar-refractivity contribution is 5.61. The van der Waals surface area contributed by atoms with Gasteiger partial charge in [0.05, 0.1) is 11.5 Å². The lowest BCUT2D eigenvalue weighted by Crippen LogP contribution is -2.08. The van der Waals surface area contributed by atoms with Gasteiger partial charge in [-0.15, -0.1) is 6.58 Å². The molecule has 0 amide bonds. The molecule has 0 aliphatic rings. The zero-order chi connectivity index (χ0) is 12.7. The van der Waals surface area contributed by atoms with Gasteiger partial charge in [0.15, 0.2) is 0 Å². The Kier molecular flexibility index (Phi) is 4.86. The summed E-state index contributed by atoms with van der Waals surface area (Å²) in [5.41, 5.74) is -0.247. The summed E-state index contributed by atoms with van der Waals surface area (Å²) in [5, 5.41) is 13.7. The van der Waals surface area contributed by atoms with E-state index >= 15 is 0 Å². The van der Waals surface area contributed by atoms with Crippen molar-refractivity contribution >= 4 is 11.5 Å². The first-order valence-electron chi connectivity index (χ1n) is 5.17. The Morgan fingerprint density at radius 1 is 1.65 bits per heavy atom. The minimum absolute atomic E-state index is 0.0154. The van der Waals surface area contributed by atoms with E-state index in [1.807, 2.05) is 6.92 Å². The third kappa shape index (κ3) is 3.40. The quantitative estimate of drug-likeness (QED) is 0.442. The number of nitrogens with zero attached hydrogens (tertiary/aromatic N) is 3. The number of aromatic nitrogens is 2. The van der Waals surface area contributed by atoms with E-state index in [-0.39, 0.29) is 17.4 Å². The topological polar surface area (TPSA) is 90.2 Å². The smallest absolute Gasteiger partial charge is 0.372 e. The Morgan fingerprint density at radius 3 is 3.00 bits per heavy atom. The van der Waals surface area contributed by atoms with Gasteiger partial charge in [0.2, 0.25) is 5.82 Å². The Hall–Kier alpha value is -2.18. The Balaban J connectivity index is 3.03. The summed E-state index contributed by atoms with van der Waals surface area (Å²) in [4.78, 5) is 18.0. The monoisotopic (exact) mass is 238 g/mol. The molecule has 1 N–H and O–H groups in total. The van der Waals surface area contributed by atoms with Crippen molar-refractivity contribution in [1.29, 1.82) is 0 Å². The van der Waals surface area contributed by atoms with Crippen LogP contribution in [0.3, 0.4) is 0 Å². The van der Waals surface area contributed by atoms with Gasteiger partial charge in [-0.25, -0.2) is 4.98 Å². The normalized spacial score (nSPS) is 9.71. The van der Waals surface area contributed by atoms with E-state index in [0.717, 1.165) is 6.42 Å². The second kappa shape index (κ2) is 6.41. The molecule has 0 aromatic carbocycles. The standard InChI is InChI=1S/C10H14N4O3/c1-3-5-11-9-8(14(15)16)10(13-7-12-9)17-6-4-2/h3,7H,1,4-6H2,2H3,(H,11,12,13). The van der Waals surface area contributed by atoms with Crippen LogP contribution in [0.1, 0.15) is 13.3 Å². The highest BCUT2D eigenvalue weighted by Gasteiger charge is 2.23. The molecule has 0 atom stereocenters. The molecule has 92 valence electrons. The van der Waals surface area contributed by atoms with Crippen LogP contribution in [0.2, 0.25) is 0 Å². The number of ether oxygens (including phenoxy) is 1. The van der Waals surface area contributed by atoms with Gasteiger partial charge < -0.3 is 10.1 Å². The molecule has 17 heavy (non-hydrogen) atoms. The molecular weight excluding hydrogens is 224 g/mol. The predicted molar refractivity (Wildman–Crippen MR) is 63.2 cm³/mol. The third-order valence-electron chi connectivity index (χ3n) is 1.83. The van der Waals surface area contributed by atoms with Gasteiger partial charge in [-0.05, 0) is 6.42 Å². The third-order valence-corrected chi connectivity index (χ3v) is 1.83. The average Bonchev–Trinajstić information content (AvgIpc) is 2.33. The molecule has 1 aromatic rings. The minimum Gasteiger partial charge on any atom is -0.473 e. The van der Waals surface area contributed by atoms with Crippen LogP contribution in [-0.4, -0.2) is 28.0 Å². The second-order valence-electron chi connectivity index (χ2n) is 3.15. The van der Waals surface area contributed by atoms with E-state index in [1.165, 1.54) is 6.33 Å². The summed E-state index contributed by atoms with van der Waals surface area (Å²) >= 11 is 0. The maximum Gasteiger partial charge on any atom is 0.372 e. The fourth-order valence-corrected chi connectivity index (χ4v) is 1.13. The van der Waals surface area contributed by atoms with E-state index in [1.54, 1.807) is 6.08 Å². The molecule has 0 radical (unpaired) electrons. The van der Waals surface area contributed by atoms with E-state index in [0.29, 0.717) is 13.2 Å². The summed E-state index contributed by atoms with van der Waals surface area (Å²) in [7, 11) is 0. The van der Waals surface area contributed by atoms with Crippen molar-refractivity contribution in [2.75, 3.05) is 18.5 Å². The number of hydrogen-bond acceptors (Lipinski definition) is 6. The molecule has 0 fully saturated rings. The second-order valence-corrected chi connectivity index (χ2v) is 3.15. The predicted octanol–water partition coefficient (Wildman–Crippen LogP) is 1.77. The van der Waals surface area contributed by atoms with E-state index in [4.69, 9.17) is 4.74 Å². The number of hydrogen-bond donors (Lipinski definition) is 1. The van der Waals surface area contributed by atoms with Gasteiger partial charge in [0.1, 0.15) is 6.33 Å². The Labute approximate surface area is 98.7 Å². The summed E-state index contributed by atoms with van der Waals surface area (Å²) in [5.74, 6) is 0.120. The van der Waals surface area contributed by atoms with Crippen LogP contribution in [0.5, 0.6) is 5.88 Å². The summed E-state index contributed by atoms with van der Waals surface area (Å²) in [6.45, 7) is 6.18. The van der Waals surface area contributed by atoms with Crippen LogP contribution >= 0.6 is 0 Å². The van der Waals surface area contributed by atoms with Crippen molar-refractivity contribution in [3.05, 3.63) is 29.1 Å². The maximum absolute atomic E-state index is 10.9. The van der Waals surface area contributed by atoms with Gasteiger partial charge in [0, 0.05) is 6.54 Å². The maximum atomic E-state index is 10.9. The molecule has 0 aliphatic heterocycles. The average molecular weight is 238 g/mol. The molecule has 0 aliphatic carbocycles. The fraction of sp³-hybridized carbons (Fsp3) is 0.400. The van der Waals surface area contributed by atoms with Crippen molar-refractivity contribution in [2.24, 2.45) is 0 Å². The van der Waals surface area contributed by atoms with Crippen molar-refractivity contribution < 1.29 is 9.66 Å². The first-order valence-corrected chi connectivity index (χ1v) is 5.17. The summed E-state index contributed by atoms with van der Waals surface area (Å²) < 4.78 is 5.21. The number of nitrogens with one attached hydrogen (secondary N) is 1. The molecule has 7 nitrogen and oxygen atoms in total. The van der Waals surface area contributed by atoms with Crippen LogP contribution < -0.4 is 10.1 Å². The minimum atomic E-state index is -0.559. The lowest BCUT2D eigenvalue weighted by atomic mass is 10.4. The first-order chi connectivity index (χ1) is 8.20. The van der Waals surface area contributed by atoms with Gasteiger partial charge in [-0.3, -0.25) is 10.1 Å². The molecule has 0 unspecified atom stereocenters. The fourth-order valence-electron chi connectivity index (χ4n) is 1.13. The first kappa shape index (κ1) is 12.9. The highest BCUT2D eigenvalue weighted by Crippen LogP contribution is 2.30. The number of anilines is 1. The molecule has 0 spiro atoms. The van der Waals surface area contributed by atoms with Crippen LogP contribution in [0.15, 0.2) is 19.0 Å². The van der Waals surface area contributed by atoms with Gasteiger partial charge in [-0.2, -0.15) is 4.98 Å². The van der Waals surface area contributed by atoms with E-state index in [2.05, 4.69) is 21.9 Å². The van der Waals surface area contributed by atoms with Gasteiger partial charge >= 0.3 is 5.69 Å². The van der Waals surface area contributed by atoms with Crippen LogP contribution in [0, 0.1) is 10.1 Å². The van der Waals surface area contributed by atoms with Crippen molar-refractivity contribution in [3.8, 4) is 5.88 Å². The molecule has 1 heterocycles. The van der Waals surface area contributed by atoms with Crippen LogP contribution in [-0.2, 0) is 0 Å². The molecule has 1 aromatic heterocycles. The van der Waals surface area contributed by atoms with Crippen molar-refractivity contribution in [2.45, 2.75) is 13.3 Å². The molecule has 7 heteroatoms. The van der Waals surface area contributed by atoms with Crippen molar-refractivity contribution in [1.82, 2.24) is 9.97 Å². The van der Waals surface area contributed by atoms with Gasteiger partial charge in [0.25, 0.3) is 5.88 Å². The molecule has 0 bridgehead atoms. The Bertz CT molecular complexity index is 409. The number of nitro groups is 1. The lowest BCUT2D eigenvalue weighted by molar-refractivity contribution is -0.385. The summed E-state index contributed by atoms with van der Waals surface area (Å²) in [6.07, 6.45) is 3.55. The van der Waals surface area contributed by atoms with Crippen LogP contribution in [0.4, 0.5) is 11.5 Å². The summed E-state index contributed by atoms with van der Waals surface area (Å²) in [6, 6.07) is 0. The zero-order valence-corrected chi connectivity index (χ0v) is 9.55. The zero-order valence-electron chi connectivity index (χ0n) is 9.55. The number of rotatable bonds is 7. The SMILES string of the molecule is C=CCNc1ncnc(OCCC)c1[N+](=O)[O-]. The van der Waals surface area contributed by atoms with E-state index < -0.39 is 4.92 Å². The van der Waals surface area contributed by atoms with Crippen molar-refractivity contribution in [3.63, 3.8) is 0 Å². The van der Waals surface area contributed by atoms with Gasteiger partial charge in [-0.1, -0.05) is 13.0 Å². The Morgan fingerprint density at radius 2 is 2.41 bits per heavy atom. The molecule has 1 rings (SSSR count). The largest absolute Gasteiger partial charge is 0.473 e. The molecular formula is C10H14N4O3. The van der Waals surface area contributed by atoms with E-state index in [9.17, 15) is 10.1 Å². The lowest BCUT2D eigenvalue weighted by Gasteiger charge is -2.07.